The van der Waals surface area contributed by atoms with Crippen LogP contribution >= 0.6 is 11.8 Å². The number of carbonyl (C=O) groups excluding carboxylic acids is 1. The van der Waals surface area contributed by atoms with E-state index in [1.54, 1.807) is 18.7 Å². The average molecular weight is 253 g/mol. The van der Waals surface area contributed by atoms with Crippen LogP contribution in [0, 0.1) is 0 Å². The lowest BCUT2D eigenvalue weighted by atomic mass is 10.2. The fraction of sp³-hybridized carbons (Fsp3) is 0.462. The van der Waals surface area contributed by atoms with Gasteiger partial charge in [0.15, 0.2) is 0 Å². The molecule has 0 radical (unpaired) electrons. The lowest BCUT2D eigenvalue weighted by molar-refractivity contribution is 0.0945. The Morgan fingerprint density at radius 2 is 2.06 bits per heavy atom. The standard InChI is InChI=1S/C13H19NO2S/c1-3-17-12-6-4-11(5-7-12)13(16)14-9-8-10(2)15/h4-7,10,15H,3,8-9H2,1-2H3,(H,14,16). The number of aliphatic hydroxyl groups is 1. The van der Waals surface area contributed by atoms with Gasteiger partial charge in [-0.1, -0.05) is 6.92 Å². The highest BCUT2D eigenvalue weighted by Gasteiger charge is 2.05. The number of amides is 1. The van der Waals surface area contributed by atoms with E-state index >= 15 is 0 Å². The van der Waals surface area contributed by atoms with E-state index in [2.05, 4.69) is 12.2 Å². The minimum atomic E-state index is -0.376. The second-order valence-corrected chi connectivity index (χ2v) is 5.19. The number of thioether (sulfide) groups is 1. The van der Waals surface area contributed by atoms with Gasteiger partial charge in [-0.2, -0.15) is 0 Å². The zero-order valence-corrected chi connectivity index (χ0v) is 11.1. The van der Waals surface area contributed by atoms with Crippen LogP contribution in [0.5, 0.6) is 0 Å². The van der Waals surface area contributed by atoms with Crippen LogP contribution in [-0.2, 0) is 0 Å². The monoisotopic (exact) mass is 253 g/mol. The molecule has 1 aromatic rings. The van der Waals surface area contributed by atoms with Gasteiger partial charge >= 0.3 is 0 Å². The summed E-state index contributed by atoms with van der Waals surface area (Å²) in [6, 6.07) is 7.57. The fourth-order valence-electron chi connectivity index (χ4n) is 1.37. The number of rotatable bonds is 6. The van der Waals surface area contributed by atoms with Crippen LogP contribution in [0.4, 0.5) is 0 Å². The molecule has 0 spiro atoms. The third-order valence-electron chi connectivity index (χ3n) is 2.28. The van der Waals surface area contributed by atoms with Gasteiger partial charge in [0.1, 0.15) is 0 Å². The van der Waals surface area contributed by atoms with E-state index in [0.717, 1.165) is 5.75 Å². The maximum atomic E-state index is 11.7. The van der Waals surface area contributed by atoms with Crippen molar-refractivity contribution >= 4 is 17.7 Å². The van der Waals surface area contributed by atoms with Crippen molar-refractivity contribution in [2.75, 3.05) is 12.3 Å². The van der Waals surface area contributed by atoms with Crippen LogP contribution in [0.1, 0.15) is 30.6 Å². The number of aliphatic hydroxyl groups excluding tert-OH is 1. The van der Waals surface area contributed by atoms with Gasteiger partial charge in [0.05, 0.1) is 6.10 Å². The normalized spacial score (nSPS) is 12.2. The minimum Gasteiger partial charge on any atom is -0.393 e. The second-order valence-electron chi connectivity index (χ2n) is 3.85. The molecule has 0 aromatic heterocycles. The molecule has 0 aliphatic rings. The fourth-order valence-corrected chi connectivity index (χ4v) is 2.03. The van der Waals surface area contributed by atoms with Crippen LogP contribution in [0.2, 0.25) is 0 Å². The molecular weight excluding hydrogens is 234 g/mol. The van der Waals surface area contributed by atoms with Crippen molar-refractivity contribution in [3.8, 4) is 0 Å². The van der Waals surface area contributed by atoms with Crippen LogP contribution < -0.4 is 5.32 Å². The van der Waals surface area contributed by atoms with E-state index in [1.165, 1.54) is 4.90 Å². The van der Waals surface area contributed by atoms with Crippen molar-refractivity contribution in [2.24, 2.45) is 0 Å². The molecule has 1 rings (SSSR count). The van der Waals surface area contributed by atoms with Crippen molar-refractivity contribution < 1.29 is 9.90 Å². The Morgan fingerprint density at radius 3 is 2.59 bits per heavy atom. The highest BCUT2D eigenvalue weighted by molar-refractivity contribution is 7.99. The molecule has 17 heavy (non-hydrogen) atoms. The molecule has 1 aromatic carbocycles. The molecule has 1 amide bonds. The van der Waals surface area contributed by atoms with Crippen LogP contribution in [0.15, 0.2) is 29.2 Å². The van der Waals surface area contributed by atoms with E-state index in [1.807, 2.05) is 24.3 Å². The molecule has 4 heteroatoms. The number of hydrogen-bond acceptors (Lipinski definition) is 3. The molecule has 0 saturated heterocycles. The third kappa shape index (κ3) is 5.24. The van der Waals surface area contributed by atoms with Crippen molar-refractivity contribution in [1.29, 1.82) is 0 Å². The predicted molar refractivity (Wildman–Crippen MR) is 71.5 cm³/mol. The summed E-state index contributed by atoms with van der Waals surface area (Å²) in [5.74, 6) is 0.943. The molecule has 0 aliphatic carbocycles. The molecule has 0 bridgehead atoms. The highest BCUT2D eigenvalue weighted by Crippen LogP contribution is 2.17. The third-order valence-corrected chi connectivity index (χ3v) is 3.17. The summed E-state index contributed by atoms with van der Waals surface area (Å²) in [6.45, 7) is 4.31. The molecule has 2 N–H and O–H groups in total. The molecule has 0 fully saturated rings. The molecule has 1 atom stereocenters. The summed E-state index contributed by atoms with van der Waals surface area (Å²) in [5.41, 5.74) is 0.663. The number of carbonyl (C=O) groups is 1. The van der Waals surface area contributed by atoms with Crippen molar-refractivity contribution in [1.82, 2.24) is 5.32 Å². The van der Waals surface area contributed by atoms with E-state index in [9.17, 15) is 4.79 Å². The van der Waals surface area contributed by atoms with Gasteiger partial charge in [-0.25, -0.2) is 0 Å². The second kappa shape index (κ2) is 7.35. The summed E-state index contributed by atoms with van der Waals surface area (Å²) in [6.07, 6.45) is 0.203. The molecule has 0 aliphatic heterocycles. The minimum absolute atomic E-state index is 0.0845. The van der Waals surface area contributed by atoms with Gasteiger partial charge in [0, 0.05) is 17.0 Å². The molecule has 94 valence electrons. The van der Waals surface area contributed by atoms with Gasteiger partial charge in [-0.15, -0.1) is 11.8 Å². The van der Waals surface area contributed by atoms with Crippen molar-refractivity contribution in [3.63, 3.8) is 0 Å². The van der Waals surface area contributed by atoms with E-state index in [0.29, 0.717) is 18.5 Å². The lowest BCUT2D eigenvalue weighted by Crippen LogP contribution is -2.26. The van der Waals surface area contributed by atoms with Gasteiger partial charge in [0.2, 0.25) is 0 Å². The average Bonchev–Trinajstić information content (AvgIpc) is 2.30. The number of benzene rings is 1. The zero-order chi connectivity index (χ0) is 12.7. The Labute approximate surface area is 107 Å². The summed E-state index contributed by atoms with van der Waals surface area (Å²) in [5, 5.41) is 11.9. The molecular formula is C13H19NO2S. The SMILES string of the molecule is CCSc1ccc(C(=O)NCCC(C)O)cc1. The van der Waals surface area contributed by atoms with Gasteiger partial charge in [0.25, 0.3) is 5.91 Å². The highest BCUT2D eigenvalue weighted by atomic mass is 32.2. The van der Waals surface area contributed by atoms with E-state index < -0.39 is 0 Å². The Hall–Kier alpha value is -1.00. The number of nitrogens with one attached hydrogen (secondary N) is 1. The summed E-state index contributed by atoms with van der Waals surface area (Å²) in [7, 11) is 0. The van der Waals surface area contributed by atoms with Crippen molar-refractivity contribution in [2.45, 2.75) is 31.3 Å². The first-order valence-corrected chi connectivity index (χ1v) is 6.81. The Morgan fingerprint density at radius 1 is 1.41 bits per heavy atom. The topological polar surface area (TPSA) is 49.3 Å². The first kappa shape index (κ1) is 14.1. The zero-order valence-electron chi connectivity index (χ0n) is 10.3. The molecule has 1 unspecified atom stereocenters. The molecule has 0 saturated carbocycles. The van der Waals surface area contributed by atoms with Crippen molar-refractivity contribution in [3.05, 3.63) is 29.8 Å². The number of hydrogen-bond donors (Lipinski definition) is 2. The lowest BCUT2D eigenvalue weighted by Gasteiger charge is -2.07. The molecule has 3 nitrogen and oxygen atoms in total. The van der Waals surface area contributed by atoms with Gasteiger partial charge in [-0.3, -0.25) is 4.79 Å². The first-order chi connectivity index (χ1) is 8.13. The van der Waals surface area contributed by atoms with Gasteiger partial charge < -0.3 is 10.4 Å². The first-order valence-electron chi connectivity index (χ1n) is 5.82. The van der Waals surface area contributed by atoms with Crippen LogP contribution in [0.3, 0.4) is 0 Å². The quantitative estimate of drug-likeness (QED) is 0.765. The Kier molecular flexibility index (Phi) is 6.08. The maximum Gasteiger partial charge on any atom is 0.251 e. The Bertz CT molecular complexity index is 349. The molecule has 0 heterocycles. The smallest absolute Gasteiger partial charge is 0.251 e. The summed E-state index contributed by atoms with van der Waals surface area (Å²) >= 11 is 1.75. The predicted octanol–water partition coefficient (Wildman–Crippen LogP) is 2.30. The largest absolute Gasteiger partial charge is 0.393 e. The van der Waals surface area contributed by atoms with E-state index in [-0.39, 0.29) is 12.0 Å². The van der Waals surface area contributed by atoms with E-state index in [4.69, 9.17) is 5.11 Å². The maximum absolute atomic E-state index is 11.7. The van der Waals surface area contributed by atoms with Gasteiger partial charge in [-0.05, 0) is 43.4 Å². The van der Waals surface area contributed by atoms with Crippen LogP contribution in [-0.4, -0.2) is 29.4 Å². The Balaban J connectivity index is 2.46. The summed E-state index contributed by atoms with van der Waals surface area (Å²) < 4.78 is 0. The summed E-state index contributed by atoms with van der Waals surface area (Å²) in [4.78, 5) is 12.9. The van der Waals surface area contributed by atoms with Crippen LogP contribution in [0.25, 0.3) is 0 Å².